The second-order valence-electron chi connectivity index (χ2n) is 12.6. The molecule has 0 bridgehead atoms. The summed E-state index contributed by atoms with van der Waals surface area (Å²) in [5, 5.41) is 72.0. The van der Waals surface area contributed by atoms with Gasteiger partial charge in [-0.2, -0.15) is 0 Å². The van der Waals surface area contributed by atoms with E-state index in [0.717, 1.165) is 13.8 Å². The Bertz CT molecular complexity index is 1330. The number of carbonyl (C=O) groups is 9. The maximum absolute atomic E-state index is 13.2. The molecule has 302 valence electrons. The molecule has 0 aromatic carbocycles. The standard InChI is InChI=1S/C30H52N8O15/c1-11(2)7-17(34-23(45)13(4)33-29(51)21(14(5)41)37-25(47)16(31)8-20(43)44)26(48)32-12(3)24(46)35-18(9-39)27(49)36-19(10-40)28(50)38-22(15(6)42)30(52)53/h11-19,21-22,39-42H,7-10,31H2,1-6H3,(H,32,48)(H,33,51)(H,34,45)(H,35,46)(H,36,49)(H,37,47)(H,38,50)(H,43,44)(H,52,53)/t12-,13-,14+,15+,16-,17-,18-,19-,21-,22-/m0/s1. The van der Waals surface area contributed by atoms with Crippen molar-refractivity contribution in [3.63, 3.8) is 0 Å². The van der Waals surface area contributed by atoms with E-state index in [4.69, 9.17) is 15.9 Å². The van der Waals surface area contributed by atoms with Crippen LogP contribution in [-0.2, 0) is 43.2 Å². The topological polar surface area (TPSA) is 385 Å². The van der Waals surface area contributed by atoms with Crippen LogP contribution in [0.4, 0.5) is 0 Å². The summed E-state index contributed by atoms with van der Waals surface area (Å²) in [5.74, 6) is -10.4. The molecule has 0 aromatic rings. The number of hydrogen-bond donors (Lipinski definition) is 14. The van der Waals surface area contributed by atoms with E-state index in [2.05, 4.69) is 26.6 Å². The maximum Gasteiger partial charge on any atom is 0.328 e. The molecule has 0 aliphatic carbocycles. The van der Waals surface area contributed by atoms with E-state index in [-0.39, 0.29) is 12.3 Å². The zero-order valence-corrected chi connectivity index (χ0v) is 30.1. The summed E-state index contributed by atoms with van der Waals surface area (Å²) >= 11 is 0. The third kappa shape index (κ3) is 16.9. The number of aliphatic carboxylic acids is 2. The minimum atomic E-state index is -1.78. The largest absolute Gasteiger partial charge is 0.481 e. The third-order valence-electron chi connectivity index (χ3n) is 7.32. The number of aliphatic hydroxyl groups is 4. The molecular formula is C30H52N8O15. The number of amides is 7. The Labute approximate surface area is 304 Å². The fourth-order valence-electron chi connectivity index (χ4n) is 4.29. The molecule has 0 aliphatic heterocycles. The third-order valence-corrected chi connectivity index (χ3v) is 7.32. The van der Waals surface area contributed by atoms with E-state index in [1.165, 1.54) is 13.8 Å². The maximum atomic E-state index is 13.2. The highest BCUT2D eigenvalue weighted by atomic mass is 16.4. The number of carboxylic acid groups (broad SMARTS) is 2. The molecule has 0 rings (SSSR count). The van der Waals surface area contributed by atoms with Gasteiger partial charge in [-0.1, -0.05) is 13.8 Å². The van der Waals surface area contributed by atoms with Gasteiger partial charge in [-0.15, -0.1) is 0 Å². The van der Waals surface area contributed by atoms with Crippen LogP contribution >= 0.6 is 0 Å². The predicted octanol–water partition coefficient (Wildman–Crippen LogP) is -6.90. The second kappa shape index (κ2) is 22.9. The minimum Gasteiger partial charge on any atom is -0.481 e. The van der Waals surface area contributed by atoms with Gasteiger partial charge in [0.1, 0.15) is 36.3 Å². The fourth-order valence-corrected chi connectivity index (χ4v) is 4.29. The lowest BCUT2D eigenvalue weighted by Gasteiger charge is -2.27. The zero-order chi connectivity index (χ0) is 41.3. The van der Waals surface area contributed by atoms with Gasteiger partial charge in [0, 0.05) is 0 Å². The van der Waals surface area contributed by atoms with E-state index in [1.54, 1.807) is 13.8 Å². The molecule has 23 nitrogen and oxygen atoms in total. The average Bonchev–Trinajstić information content (AvgIpc) is 3.05. The van der Waals surface area contributed by atoms with E-state index in [1.807, 2.05) is 10.6 Å². The van der Waals surface area contributed by atoms with Crippen LogP contribution in [0, 0.1) is 5.92 Å². The van der Waals surface area contributed by atoms with Crippen LogP contribution in [0.5, 0.6) is 0 Å². The Morgan fingerprint density at radius 1 is 0.509 bits per heavy atom. The normalized spacial score (nSPS) is 16.8. The Hall–Kier alpha value is -4.97. The van der Waals surface area contributed by atoms with Crippen molar-refractivity contribution < 1.29 is 73.8 Å². The summed E-state index contributed by atoms with van der Waals surface area (Å²) in [4.78, 5) is 111. The molecular weight excluding hydrogens is 712 g/mol. The molecule has 15 N–H and O–H groups in total. The number of carbonyl (C=O) groups excluding carboxylic acids is 7. The Balaban J connectivity index is 5.55. The van der Waals surface area contributed by atoms with Gasteiger partial charge in [-0.05, 0) is 40.0 Å². The monoisotopic (exact) mass is 764 g/mol. The quantitative estimate of drug-likeness (QED) is 0.0460. The van der Waals surface area contributed by atoms with Crippen LogP contribution in [0.1, 0.15) is 54.4 Å². The van der Waals surface area contributed by atoms with Gasteiger partial charge in [0.25, 0.3) is 0 Å². The minimum absolute atomic E-state index is 0.0322. The van der Waals surface area contributed by atoms with Gasteiger partial charge in [-0.3, -0.25) is 38.4 Å². The van der Waals surface area contributed by atoms with Gasteiger partial charge in [-0.25, -0.2) is 4.79 Å². The van der Waals surface area contributed by atoms with Crippen LogP contribution in [0.2, 0.25) is 0 Å². The molecule has 0 fully saturated rings. The van der Waals surface area contributed by atoms with E-state index in [9.17, 15) is 63.6 Å². The van der Waals surface area contributed by atoms with Crippen LogP contribution < -0.4 is 43.0 Å². The first-order valence-corrected chi connectivity index (χ1v) is 16.4. The van der Waals surface area contributed by atoms with Crippen molar-refractivity contribution in [3.05, 3.63) is 0 Å². The molecule has 0 saturated heterocycles. The smallest absolute Gasteiger partial charge is 0.328 e. The first kappa shape index (κ1) is 48.0. The van der Waals surface area contributed by atoms with Gasteiger partial charge >= 0.3 is 11.9 Å². The molecule has 0 saturated carbocycles. The van der Waals surface area contributed by atoms with Crippen molar-refractivity contribution in [2.24, 2.45) is 11.7 Å². The summed E-state index contributed by atoms with van der Waals surface area (Å²) in [6, 6.07) is -12.5. The van der Waals surface area contributed by atoms with Crippen LogP contribution in [0.3, 0.4) is 0 Å². The summed E-state index contributed by atoms with van der Waals surface area (Å²) in [5.41, 5.74) is 5.49. The van der Waals surface area contributed by atoms with Crippen molar-refractivity contribution in [2.75, 3.05) is 13.2 Å². The van der Waals surface area contributed by atoms with Gasteiger partial charge in [0.15, 0.2) is 6.04 Å². The van der Waals surface area contributed by atoms with Crippen molar-refractivity contribution >= 4 is 53.3 Å². The van der Waals surface area contributed by atoms with Crippen LogP contribution in [0.15, 0.2) is 0 Å². The zero-order valence-electron chi connectivity index (χ0n) is 30.1. The molecule has 0 radical (unpaired) electrons. The van der Waals surface area contributed by atoms with Gasteiger partial charge in [0.05, 0.1) is 37.9 Å². The molecule has 0 unspecified atom stereocenters. The van der Waals surface area contributed by atoms with Crippen molar-refractivity contribution in [1.29, 1.82) is 0 Å². The summed E-state index contributed by atoms with van der Waals surface area (Å²) in [7, 11) is 0. The number of nitrogens with two attached hydrogens (primary N) is 1. The highest BCUT2D eigenvalue weighted by Gasteiger charge is 2.34. The molecule has 53 heavy (non-hydrogen) atoms. The SMILES string of the molecule is CC(C)C[C@H](NC(=O)[C@H](C)NC(=O)[C@@H](NC(=O)[C@@H](N)CC(=O)O)[C@@H](C)O)C(=O)N[C@@H](C)C(=O)N[C@@H](CO)C(=O)N[C@@H](CO)C(=O)N[C@H](C(=O)O)[C@@H](C)O. The fraction of sp³-hybridized carbons (Fsp3) is 0.700. The van der Waals surface area contributed by atoms with Crippen molar-refractivity contribution in [3.8, 4) is 0 Å². The van der Waals surface area contributed by atoms with E-state index >= 15 is 0 Å². The predicted molar refractivity (Wildman–Crippen MR) is 180 cm³/mol. The van der Waals surface area contributed by atoms with E-state index in [0.29, 0.717) is 0 Å². The number of nitrogens with one attached hydrogen (secondary N) is 7. The summed E-state index contributed by atoms with van der Waals surface area (Å²) in [6.07, 6.45) is -3.77. The Morgan fingerprint density at radius 3 is 1.28 bits per heavy atom. The molecule has 7 amide bonds. The second-order valence-corrected chi connectivity index (χ2v) is 12.6. The number of carboxylic acids is 2. The van der Waals surface area contributed by atoms with Crippen LogP contribution in [-0.4, -0.2) is 158 Å². The first-order chi connectivity index (χ1) is 24.5. The van der Waals surface area contributed by atoms with E-state index < -0.39 is 133 Å². The average molecular weight is 765 g/mol. The molecule has 23 heteroatoms. The molecule has 10 atom stereocenters. The number of rotatable bonds is 23. The lowest BCUT2D eigenvalue weighted by Crippen LogP contribution is -2.61. The molecule has 0 aromatic heterocycles. The van der Waals surface area contributed by atoms with Crippen LogP contribution in [0.25, 0.3) is 0 Å². The number of hydrogen-bond acceptors (Lipinski definition) is 14. The molecule has 0 spiro atoms. The Kier molecular flexibility index (Phi) is 20.7. The highest BCUT2D eigenvalue weighted by Crippen LogP contribution is 2.07. The summed E-state index contributed by atoms with van der Waals surface area (Å²) < 4.78 is 0. The lowest BCUT2D eigenvalue weighted by molar-refractivity contribution is -0.145. The van der Waals surface area contributed by atoms with Gasteiger partial charge in [0.2, 0.25) is 41.4 Å². The summed E-state index contributed by atoms with van der Waals surface area (Å²) in [6.45, 7) is 6.04. The Morgan fingerprint density at radius 2 is 0.887 bits per heavy atom. The molecule has 0 aliphatic rings. The molecule has 0 heterocycles. The van der Waals surface area contributed by atoms with Gasteiger partial charge < -0.3 is 73.6 Å². The van der Waals surface area contributed by atoms with Crippen molar-refractivity contribution in [1.82, 2.24) is 37.2 Å². The first-order valence-electron chi connectivity index (χ1n) is 16.4. The number of aliphatic hydroxyl groups excluding tert-OH is 4. The lowest BCUT2D eigenvalue weighted by atomic mass is 10.0. The highest BCUT2D eigenvalue weighted by molar-refractivity contribution is 5.97. The van der Waals surface area contributed by atoms with Crippen molar-refractivity contribution in [2.45, 2.75) is 115 Å².